The molecule has 4 aromatic rings. The second kappa shape index (κ2) is 9.86. The highest BCUT2D eigenvalue weighted by molar-refractivity contribution is 7.91. The zero-order valence-corrected chi connectivity index (χ0v) is 18.8. The van der Waals surface area contributed by atoms with Crippen molar-refractivity contribution in [2.24, 2.45) is 0 Å². The molecule has 0 spiro atoms. The first-order valence-corrected chi connectivity index (χ1v) is 11.9. The number of aromatic nitrogens is 3. The summed E-state index contributed by atoms with van der Waals surface area (Å²) in [7, 11) is -4.04. The van der Waals surface area contributed by atoms with Crippen molar-refractivity contribution in [2.75, 3.05) is 18.5 Å². The molecule has 8 nitrogen and oxygen atoms in total. The molecule has 2 aromatic heterocycles. The first-order chi connectivity index (χ1) is 16.0. The number of ether oxygens (including phenoxy) is 1. The van der Waals surface area contributed by atoms with Gasteiger partial charge in [-0.3, -0.25) is 0 Å². The molecule has 1 N–H and O–H groups in total. The standard InChI is InChI=1S/C23H23FN4O4S/c1-2-31-19-8-4-17(5-9-19)21-27-23(33(29,30)20-10-6-18(24)7-11-20)22(32-21)26-12-3-14-28-15-13-25-16-28/h4-11,13,15-16,26H,2-3,12,14H2,1H3. The lowest BCUT2D eigenvalue weighted by Crippen LogP contribution is -2.10. The van der Waals surface area contributed by atoms with Gasteiger partial charge in [0.05, 0.1) is 17.8 Å². The van der Waals surface area contributed by atoms with E-state index in [1.54, 1.807) is 36.8 Å². The zero-order valence-electron chi connectivity index (χ0n) is 17.9. The van der Waals surface area contributed by atoms with Gasteiger partial charge in [0.2, 0.25) is 26.6 Å². The minimum Gasteiger partial charge on any atom is -0.494 e. The van der Waals surface area contributed by atoms with E-state index in [4.69, 9.17) is 9.15 Å². The van der Waals surface area contributed by atoms with E-state index in [1.807, 2.05) is 17.7 Å². The highest BCUT2D eigenvalue weighted by Gasteiger charge is 2.28. The number of sulfone groups is 1. The smallest absolute Gasteiger partial charge is 0.233 e. The maximum atomic E-state index is 13.3. The predicted molar refractivity (Wildman–Crippen MR) is 120 cm³/mol. The van der Waals surface area contributed by atoms with Gasteiger partial charge in [-0.1, -0.05) is 0 Å². The summed E-state index contributed by atoms with van der Waals surface area (Å²) >= 11 is 0. The molecular formula is C23H23FN4O4S. The van der Waals surface area contributed by atoms with Crippen molar-refractivity contribution >= 4 is 15.7 Å². The second-order valence-corrected chi connectivity index (χ2v) is 9.01. The Balaban J connectivity index is 1.62. The van der Waals surface area contributed by atoms with Crippen molar-refractivity contribution in [1.82, 2.24) is 14.5 Å². The van der Waals surface area contributed by atoms with Crippen molar-refractivity contribution in [3.63, 3.8) is 0 Å². The molecule has 0 aliphatic carbocycles. The van der Waals surface area contributed by atoms with Crippen LogP contribution in [0.2, 0.25) is 0 Å². The van der Waals surface area contributed by atoms with E-state index >= 15 is 0 Å². The van der Waals surface area contributed by atoms with Crippen LogP contribution in [0.1, 0.15) is 13.3 Å². The topological polar surface area (TPSA) is 99.2 Å². The van der Waals surface area contributed by atoms with Crippen LogP contribution in [-0.4, -0.2) is 36.1 Å². The largest absolute Gasteiger partial charge is 0.494 e. The Morgan fingerprint density at radius 3 is 2.55 bits per heavy atom. The summed E-state index contributed by atoms with van der Waals surface area (Å²) in [6, 6.07) is 11.6. The highest BCUT2D eigenvalue weighted by Crippen LogP contribution is 2.33. The van der Waals surface area contributed by atoms with Crippen molar-refractivity contribution in [3.05, 3.63) is 73.1 Å². The highest BCUT2D eigenvalue weighted by atomic mass is 32.2. The summed E-state index contributed by atoms with van der Waals surface area (Å²) in [6.45, 7) is 3.57. The van der Waals surface area contributed by atoms with Crippen LogP contribution in [0.4, 0.5) is 10.3 Å². The summed E-state index contributed by atoms with van der Waals surface area (Å²) in [5.41, 5.74) is 0.598. The van der Waals surface area contributed by atoms with Crippen LogP contribution in [-0.2, 0) is 16.4 Å². The van der Waals surface area contributed by atoms with Crippen LogP contribution in [0.25, 0.3) is 11.5 Å². The van der Waals surface area contributed by atoms with Gasteiger partial charge in [-0.05, 0) is 61.9 Å². The molecule has 0 fully saturated rings. The molecular weight excluding hydrogens is 447 g/mol. The Morgan fingerprint density at radius 2 is 1.88 bits per heavy atom. The Bertz CT molecular complexity index is 1290. The number of anilines is 1. The number of nitrogens with zero attached hydrogens (tertiary/aromatic N) is 3. The Morgan fingerprint density at radius 1 is 1.12 bits per heavy atom. The molecule has 0 radical (unpaired) electrons. The summed E-state index contributed by atoms with van der Waals surface area (Å²) in [6.07, 6.45) is 5.96. The summed E-state index contributed by atoms with van der Waals surface area (Å²) in [5, 5.41) is 2.79. The molecule has 2 aromatic carbocycles. The minimum absolute atomic E-state index is 0.0360. The van der Waals surface area contributed by atoms with E-state index in [9.17, 15) is 12.8 Å². The predicted octanol–water partition coefficient (Wildman–Crippen LogP) is 4.41. The molecule has 2 heterocycles. The molecule has 0 aliphatic rings. The van der Waals surface area contributed by atoms with E-state index in [0.717, 1.165) is 12.1 Å². The van der Waals surface area contributed by atoms with Gasteiger partial charge in [-0.15, -0.1) is 0 Å². The van der Waals surface area contributed by atoms with Gasteiger partial charge < -0.3 is 19.0 Å². The lowest BCUT2D eigenvalue weighted by Gasteiger charge is -2.06. The monoisotopic (exact) mass is 470 g/mol. The van der Waals surface area contributed by atoms with Crippen LogP contribution >= 0.6 is 0 Å². The van der Waals surface area contributed by atoms with Gasteiger partial charge in [-0.25, -0.2) is 17.8 Å². The number of halogens is 1. The van der Waals surface area contributed by atoms with Crippen LogP contribution in [0.5, 0.6) is 5.75 Å². The average molecular weight is 471 g/mol. The van der Waals surface area contributed by atoms with Gasteiger partial charge in [0, 0.05) is 31.0 Å². The van der Waals surface area contributed by atoms with Gasteiger partial charge in [0.25, 0.3) is 0 Å². The molecule has 0 aliphatic heterocycles. The molecule has 0 unspecified atom stereocenters. The average Bonchev–Trinajstić information content (AvgIpc) is 3.48. The van der Waals surface area contributed by atoms with Gasteiger partial charge in [-0.2, -0.15) is 4.98 Å². The molecule has 0 saturated carbocycles. The summed E-state index contributed by atoms with van der Waals surface area (Å²) in [5.74, 6) is 0.344. The Labute approximate surface area is 191 Å². The van der Waals surface area contributed by atoms with Crippen LogP contribution in [0.3, 0.4) is 0 Å². The van der Waals surface area contributed by atoms with E-state index in [-0.39, 0.29) is 21.7 Å². The minimum atomic E-state index is -4.04. The maximum Gasteiger partial charge on any atom is 0.233 e. The van der Waals surface area contributed by atoms with Crippen molar-refractivity contribution < 1.29 is 22.0 Å². The number of hydrogen-bond acceptors (Lipinski definition) is 7. The van der Waals surface area contributed by atoms with Crippen molar-refractivity contribution in [1.29, 1.82) is 0 Å². The fraction of sp³-hybridized carbons (Fsp3) is 0.217. The van der Waals surface area contributed by atoms with E-state index in [1.165, 1.54) is 12.1 Å². The van der Waals surface area contributed by atoms with E-state index in [2.05, 4.69) is 15.3 Å². The van der Waals surface area contributed by atoms with Crippen molar-refractivity contribution in [3.8, 4) is 17.2 Å². The Kier molecular flexibility index (Phi) is 6.74. The number of imidazole rings is 1. The first kappa shape index (κ1) is 22.5. The zero-order chi connectivity index (χ0) is 23.3. The summed E-state index contributed by atoms with van der Waals surface area (Å²) < 4.78 is 53.0. The molecule has 10 heteroatoms. The van der Waals surface area contributed by atoms with E-state index in [0.29, 0.717) is 37.4 Å². The van der Waals surface area contributed by atoms with Crippen molar-refractivity contribution in [2.45, 2.75) is 29.8 Å². The van der Waals surface area contributed by atoms with Crippen LogP contribution in [0, 0.1) is 5.82 Å². The molecule has 0 amide bonds. The third-order valence-corrected chi connectivity index (χ3v) is 6.50. The maximum absolute atomic E-state index is 13.3. The van der Waals surface area contributed by atoms with Gasteiger partial charge in [0.15, 0.2) is 0 Å². The molecule has 0 atom stereocenters. The lowest BCUT2D eigenvalue weighted by atomic mass is 10.2. The third-order valence-electron chi connectivity index (χ3n) is 4.82. The molecule has 0 bridgehead atoms. The number of oxazole rings is 1. The fourth-order valence-corrected chi connectivity index (χ4v) is 4.47. The SMILES string of the molecule is CCOc1ccc(-c2nc(S(=O)(=O)c3ccc(F)cc3)c(NCCCn3ccnc3)o2)cc1. The molecule has 4 rings (SSSR count). The van der Waals surface area contributed by atoms with Gasteiger partial charge >= 0.3 is 0 Å². The number of rotatable bonds is 10. The number of nitrogens with one attached hydrogen (secondary N) is 1. The lowest BCUT2D eigenvalue weighted by molar-refractivity contribution is 0.340. The number of benzene rings is 2. The van der Waals surface area contributed by atoms with Crippen LogP contribution < -0.4 is 10.1 Å². The van der Waals surface area contributed by atoms with Crippen LogP contribution in [0.15, 0.2) is 81.6 Å². The number of hydrogen-bond donors (Lipinski definition) is 1. The van der Waals surface area contributed by atoms with Gasteiger partial charge in [0.1, 0.15) is 11.6 Å². The summed E-state index contributed by atoms with van der Waals surface area (Å²) in [4.78, 5) is 8.21. The first-order valence-electron chi connectivity index (χ1n) is 10.4. The second-order valence-electron chi connectivity index (χ2n) is 7.15. The Hall–Kier alpha value is -3.66. The normalized spacial score (nSPS) is 11.5. The fourth-order valence-electron chi connectivity index (χ4n) is 3.19. The van der Waals surface area contributed by atoms with E-state index < -0.39 is 15.7 Å². The molecule has 0 saturated heterocycles. The number of aryl methyl sites for hydroxylation is 1. The quantitative estimate of drug-likeness (QED) is 0.271. The third kappa shape index (κ3) is 5.23. The molecule has 33 heavy (non-hydrogen) atoms. The molecule has 172 valence electrons.